The van der Waals surface area contributed by atoms with Crippen molar-refractivity contribution in [2.45, 2.75) is 18.0 Å². The third-order valence-electron chi connectivity index (χ3n) is 5.24. The number of carbonyl (C=O) groups excluding carboxylic acids is 2. The van der Waals surface area contributed by atoms with Crippen LogP contribution in [0.3, 0.4) is 0 Å². The predicted molar refractivity (Wildman–Crippen MR) is 117 cm³/mol. The standard InChI is InChI=1S/C22H24F3N3O5S/c1-2-33-19-6-4-3-5-18(19)21(30)26-15-20(29)27-11-13-28(14-12-27)34(31,32)17-9-7-16(8-10-17)22(23,24)25/h3-10H,2,11-15H2,1H3,(H,26,30). The van der Waals surface area contributed by atoms with Gasteiger partial charge in [0.05, 0.1) is 29.2 Å². The third-order valence-corrected chi connectivity index (χ3v) is 7.16. The predicted octanol–water partition coefficient (Wildman–Crippen LogP) is 2.37. The number of amides is 2. The number of hydrogen-bond donors (Lipinski definition) is 1. The van der Waals surface area contributed by atoms with E-state index in [-0.39, 0.29) is 43.5 Å². The second kappa shape index (κ2) is 10.4. The Morgan fingerprint density at radius 1 is 1.00 bits per heavy atom. The number of rotatable bonds is 7. The first-order valence-corrected chi connectivity index (χ1v) is 11.9. The summed E-state index contributed by atoms with van der Waals surface area (Å²) in [6.07, 6.45) is -4.56. The molecule has 1 fully saturated rings. The van der Waals surface area contributed by atoms with Crippen LogP contribution in [0.25, 0.3) is 0 Å². The molecule has 1 heterocycles. The van der Waals surface area contributed by atoms with Gasteiger partial charge in [-0.05, 0) is 43.3 Å². The summed E-state index contributed by atoms with van der Waals surface area (Å²) < 4.78 is 70.2. The van der Waals surface area contributed by atoms with Crippen molar-refractivity contribution < 1.29 is 35.9 Å². The Morgan fingerprint density at radius 2 is 1.62 bits per heavy atom. The molecule has 12 heteroatoms. The second-order valence-corrected chi connectivity index (χ2v) is 9.36. The molecule has 0 radical (unpaired) electrons. The summed E-state index contributed by atoms with van der Waals surface area (Å²) in [5, 5.41) is 2.55. The summed E-state index contributed by atoms with van der Waals surface area (Å²) in [4.78, 5) is 26.1. The molecule has 0 aromatic heterocycles. The number of nitrogens with one attached hydrogen (secondary N) is 1. The van der Waals surface area contributed by atoms with Crippen LogP contribution in [-0.2, 0) is 21.0 Å². The highest BCUT2D eigenvalue weighted by molar-refractivity contribution is 7.89. The average Bonchev–Trinajstić information content (AvgIpc) is 2.82. The van der Waals surface area contributed by atoms with Gasteiger partial charge >= 0.3 is 6.18 Å². The molecule has 2 aromatic carbocycles. The quantitative estimate of drug-likeness (QED) is 0.631. The van der Waals surface area contributed by atoms with Crippen LogP contribution in [0.5, 0.6) is 5.75 Å². The topological polar surface area (TPSA) is 96.0 Å². The number of sulfonamides is 1. The molecule has 1 N–H and O–H groups in total. The van der Waals surface area contributed by atoms with Crippen molar-refractivity contribution in [1.29, 1.82) is 0 Å². The Bertz CT molecular complexity index is 1130. The molecule has 0 bridgehead atoms. The lowest BCUT2D eigenvalue weighted by atomic mass is 10.2. The van der Waals surface area contributed by atoms with Gasteiger partial charge in [-0.1, -0.05) is 12.1 Å². The SMILES string of the molecule is CCOc1ccccc1C(=O)NCC(=O)N1CCN(S(=O)(=O)c2ccc(C(F)(F)F)cc2)CC1. The van der Waals surface area contributed by atoms with Crippen LogP contribution in [0.1, 0.15) is 22.8 Å². The van der Waals surface area contributed by atoms with Crippen LogP contribution in [0.4, 0.5) is 13.2 Å². The summed E-state index contributed by atoms with van der Waals surface area (Å²) in [5.41, 5.74) is -0.641. The highest BCUT2D eigenvalue weighted by Gasteiger charge is 2.33. The zero-order valence-electron chi connectivity index (χ0n) is 18.3. The lowest BCUT2D eigenvalue weighted by Gasteiger charge is -2.34. The molecule has 184 valence electrons. The molecule has 34 heavy (non-hydrogen) atoms. The summed E-state index contributed by atoms with van der Waals surface area (Å²) in [5.74, 6) is -0.452. The molecule has 8 nitrogen and oxygen atoms in total. The molecule has 0 atom stereocenters. The maximum atomic E-state index is 12.8. The van der Waals surface area contributed by atoms with Gasteiger partial charge in [0.25, 0.3) is 5.91 Å². The summed E-state index contributed by atoms with van der Waals surface area (Å²) in [6.45, 7) is 2.03. The number of piperazine rings is 1. The molecule has 1 saturated heterocycles. The molecule has 0 unspecified atom stereocenters. The number of para-hydroxylation sites is 1. The van der Waals surface area contributed by atoms with Gasteiger partial charge in [-0.2, -0.15) is 17.5 Å². The minimum absolute atomic E-state index is 0.0176. The monoisotopic (exact) mass is 499 g/mol. The van der Waals surface area contributed by atoms with Gasteiger partial charge < -0.3 is 15.0 Å². The van der Waals surface area contributed by atoms with E-state index in [4.69, 9.17) is 4.74 Å². The molecular formula is C22H24F3N3O5S. The van der Waals surface area contributed by atoms with E-state index in [1.807, 2.05) is 0 Å². The molecular weight excluding hydrogens is 475 g/mol. The maximum absolute atomic E-state index is 12.8. The van der Waals surface area contributed by atoms with Gasteiger partial charge in [0, 0.05) is 26.2 Å². The normalized spacial score (nSPS) is 15.1. The smallest absolute Gasteiger partial charge is 0.416 e. The molecule has 0 spiro atoms. The van der Waals surface area contributed by atoms with Crippen LogP contribution in [-0.4, -0.2) is 68.8 Å². The number of halogens is 3. The van der Waals surface area contributed by atoms with Crippen LogP contribution in [0.2, 0.25) is 0 Å². The van der Waals surface area contributed by atoms with E-state index in [9.17, 15) is 31.2 Å². The number of benzene rings is 2. The number of hydrogen-bond acceptors (Lipinski definition) is 5. The van der Waals surface area contributed by atoms with E-state index in [1.54, 1.807) is 31.2 Å². The highest BCUT2D eigenvalue weighted by atomic mass is 32.2. The number of nitrogens with zero attached hydrogens (tertiary/aromatic N) is 2. The molecule has 2 aromatic rings. The average molecular weight is 500 g/mol. The molecule has 2 amide bonds. The van der Waals surface area contributed by atoms with Gasteiger partial charge in [-0.3, -0.25) is 9.59 Å². The second-order valence-electron chi connectivity index (χ2n) is 7.42. The van der Waals surface area contributed by atoms with Crippen molar-refractivity contribution in [3.05, 3.63) is 59.7 Å². The van der Waals surface area contributed by atoms with Crippen molar-refractivity contribution >= 4 is 21.8 Å². The molecule has 0 saturated carbocycles. The van der Waals surface area contributed by atoms with Crippen LogP contribution in [0.15, 0.2) is 53.4 Å². The van der Waals surface area contributed by atoms with Gasteiger partial charge in [0.15, 0.2) is 0 Å². The minimum Gasteiger partial charge on any atom is -0.493 e. The Labute approximate surface area is 195 Å². The molecule has 1 aliphatic rings. The lowest BCUT2D eigenvalue weighted by Crippen LogP contribution is -2.52. The minimum atomic E-state index is -4.56. The van der Waals surface area contributed by atoms with E-state index in [0.29, 0.717) is 17.9 Å². The third kappa shape index (κ3) is 5.86. The van der Waals surface area contributed by atoms with Crippen molar-refractivity contribution in [3.8, 4) is 5.75 Å². The molecule has 1 aliphatic heterocycles. The maximum Gasteiger partial charge on any atom is 0.416 e. The van der Waals surface area contributed by atoms with Crippen molar-refractivity contribution in [1.82, 2.24) is 14.5 Å². The summed E-state index contributed by atoms with van der Waals surface area (Å²) in [7, 11) is -4.00. The zero-order valence-corrected chi connectivity index (χ0v) is 19.2. The van der Waals surface area contributed by atoms with E-state index < -0.39 is 27.7 Å². The van der Waals surface area contributed by atoms with Gasteiger partial charge in [0.1, 0.15) is 5.75 Å². The number of carbonyl (C=O) groups is 2. The Morgan fingerprint density at radius 3 is 2.21 bits per heavy atom. The van der Waals surface area contributed by atoms with E-state index in [0.717, 1.165) is 28.6 Å². The summed E-state index contributed by atoms with van der Waals surface area (Å²) >= 11 is 0. The van der Waals surface area contributed by atoms with Gasteiger partial charge in [-0.25, -0.2) is 8.42 Å². The van der Waals surface area contributed by atoms with Crippen molar-refractivity contribution in [3.63, 3.8) is 0 Å². The van der Waals surface area contributed by atoms with E-state index >= 15 is 0 Å². The summed E-state index contributed by atoms with van der Waals surface area (Å²) in [6, 6.07) is 9.92. The first kappa shape index (κ1) is 25.5. The largest absolute Gasteiger partial charge is 0.493 e. The van der Waals surface area contributed by atoms with Gasteiger partial charge in [-0.15, -0.1) is 0 Å². The lowest BCUT2D eigenvalue weighted by molar-refractivity contribution is -0.137. The van der Waals surface area contributed by atoms with Crippen LogP contribution in [0, 0.1) is 0 Å². The Kier molecular flexibility index (Phi) is 7.82. The van der Waals surface area contributed by atoms with Crippen molar-refractivity contribution in [2.24, 2.45) is 0 Å². The van der Waals surface area contributed by atoms with Crippen LogP contribution >= 0.6 is 0 Å². The Hall–Kier alpha value is -3.12. The van der Waals surface area contributed by atoms with E-state index in [2.05, 4.69) is 5.32 Å². The highest BCUT2D eigenvalue weighted by Crippen LogP contribution is 2.30. The fourth-order valence-electron chi connectivity index (χ4n) is 3.44. The van der Waals surface area contributed by atoms with Crippen LogP contribution < -0.4 is 10.1 Å². The fraction of sp³-hybridized carbons (Fsp3) is 0.364. The molecule has 3 rings (SSSR count). The van der Waals surface area contributed by atoms with Crippen molar-refractivity contribution in [2.75, 3.05) is 39.3 Å². The fourth-order valence-corrected chi connectivity index (χ4v) is 4.86. The van der Waals surface area contributed by atoms with Gasteiger partial charge in [0.2, 0.25) is 15.9 Å². The Balaban J connectivity index is 1.55. The number of ether oxygens (including phenoxy) is 1. The van der Waals surface area contributed by atoms with E-state index in [1.165, 1.54) is 4.90 Å². The zero-order chi connectivity index (χ0) is 24.9. The first-order valence-electron chi connectivity index (χ1n) is 10.5. The number of alkyl halides is 3. The molecule has 0 aliphatic carbocycles. The first-order chi connectivity index (χ1) is 16.0.